The van der Waals surface area contributed by atoms with Gasteiger partial charge in [-0.05, 0) is 51.5 Å². The molecule has 0 unspecified atom stereocenters. The Balaban J connectivity index is 2.17. The minimum atomic E-state index is -1.05. The van der Waals surface area contributed by atoms with Crippen molar-refractivity contribution < 1.29 is 14.7 Å². The summed E-state index contributed by atoms with van der Waals surface area (Å²) in [6, 6.07) is 1.95. The zero-order valence-electron chi connectivity index (χ0n) is 12.8. The van der Waals surface area contributed by atoms with Crippen LogP contribution in [0.15, 0.2) is 6.07 Å². The number of fused-ring (bicyclic) bond motifs is 1. The Morgan fingerprint density at radius 1 is 1.29 bits per heavy atom. The molecule has 0 fully saturated rings. The Labute approximate surface area is 133 Å². The average Bonchev–Trinajstić information content (AvgIpc) is 2.81. The number of thiophene rings is 1. The molecule has 0 bridgehead atoms. The highest BCUT2D eigenvalue weighted by molar-refractivity contribution is 7.98. The second-order valence-electron chi connectivity index (χ2n) is 6.37. The Kier molecular flexibility index (Phi) is 4.40. The van der Waals surface area contributed by atoms with Crippen molar-refractivity contribution in [1.82, 2.24) is 5.32 Å². The van der Waals surface area contributed by atoms with Crippen molar-refractivity contribution in [3.05, 3.63) is 21.4 Å². The number of aliphatic carboxylic acids is 1. The van der Waals surface area contributed by atoms with E-state index in [2.05, 4.69) is 5.32 Å². The number of carbonyl (C=O) groups excluding carboxylic acids is 1. The van der Waals surface area contributed by atoms with Gasteiger partial charge in [0.25, 0.3) is 5.91 Å². The van der Waals surface area contributed by atoms with E-state index in [0.717, 1.165) is 17.9 Å². The Morgan fingerprint density at radius 3 is 2.52 bits per heavy atom. The van der Waals surface area contributed by atoms with Crippen LogP contribution in [0.3, 0.4) is 0 Å². The van der Waals surface area contributed by atoms with Gasteiger partial charge in [-0.15, -0.1) is 11.3 Å². The monoisotopic (exact) mass is 327 g/mol. The molecular formula is C15H21NO3S2. The van der Waals surface area contributed by atoms with Gasteiger partial charge in [0.2, 0.25) is 0 Å². The van der Waals surface area contributed by atoms with Gasteiger partial charge in [0, 0.05) is 10.6 Å². The van der Waals surface area contributed by atoms with Crippen LogP contribution in [0.5, 0.6) is 0 Å². The van der Waals surface area contributed by atoms with Gasteiger partial charge in [0.05, 0.1) is 15.8 Å². The molecule has 0 aromatic carbocycles. The highest BCUT2D eigenvalue weighted by Crippen LogP contribution is 2.34. The van der Waals surface area contributed by atoms with E-state index >= 15 is 0 Å². The number of carboxylic acids is 1. The summed E-state index contributed by atoms with van der Waals surface area (Å²) >= 11 is 3.41. The first-order valence-electron chi connectivity index (χ1n) is 6.90. The summed E-state index contributed by atoms with van der Waals surface area (Å²) in [5.74, 6) is 0.961. The molecule has 1 aromatic heterocycles. The van der Waals surface area contributed by atoms with Crippen LogP contribution in [0.4, 0.5) is 0 Å². The number of rotatable bonds is 4. The fourth-order valence-electron chi connectivity index (χ4n) is 2.03. The molecule has 1 aromatic rings. The maximum atomic E-state index is 12.4. The van der Waals surface area contributed by atoms with Gasteiger partial charge < -0.3 is 10.4 Å². The molecule has 4 nitrogen and oxygen atoms in total. The predicted octanol–water partition coefficient (Wildman–Crippen LogP) is 3.16. The second kappa shape index (κ2) is 5.65. The summed E-state index contributed by atoms with van der Waals surface area (Å²) in [5, 5.41) is 12.2. The Morgan fingerprint density at radius 2 is 1.95 bits per heavy atom. The van der Waals surface area contributed by atoms with E-state index in [1.807, 2.05) is 17.8 Å². The number of thioether (sulfide) groups is 1. The van der Waals surface area contributed by atoms with Gasteiger partial charge in [-0.1, -0.05) is 0 Å². The lowest BCUT2D eigenvalue weighted by molar-refractivity contribution is -0.150. The summed E-state index contributed by atoms with van der Waals surface area (Å²) in [6.45, 7) is 6.77. The minimum Gasteiger partial charge on any atom is -0.481 e. The van der Waals surface area contributed by atoms with E-state index in [1.165, 1.54) is 21.8 Å². The quantitative estimate of drug-likeness (QED) is 0.891. The molecule has 2 heterocycles. The van der Waals surface area contributed by atoms with Crippen molar-refractivity contribution in [2.24, 2.45) is 5.41 Å². The number of hydrogen-bond donors (Lipinski definition) is 2. The lowest BCUT2D eigenvalue weighted by atomic mass is 9.74. The molecule has 6 heteroatoms. The van der Waals surface area contributed by atoms with Gasteiger partial charge >= 0.3 is 5.97 Å². The molecule has 21 heavy (non-hydrogen) atoms. The normalized spacial score (nSPS) is 15.4. The zero-order valence-corrected chi connectivity index (χ0v) is 14.4. The van der Waals surface area contributed by atoms with Crippen LogP contribution in [0.25, 0.3) is 0 Å². The SMILES string of the molecule is CC(C)(NC(=O)c1cc2c(s1)CCSC2)C(C)(C)C(=O)O. The first-order chi connectivity index (χ1) is 9.65. The van der Waals surface area contributed by atoms with Crippen molar-refractivity contribution >= 4 is 35.0 Å². The smallest absolute Gasteiger partial charge is 0.311 e. The van der Waals surface area contributed by atoms with E-state index in [-0.39, 0.29) is 5.91 Å². The number of hydrogen-bond acceptors (Lipinski definition) is 4. The Bertz CT molecular complexity index is 552. The third-order valence-corrected chi connectivity index (χ3v) is 6.62. The number of nitrogens with one attached hydrogen (secondary N) is 1. The van der Waals surface area contributed by atoms with E-state index < -0.39 is 16.9 Å². The van der Waals surface area contributed by atoms with E-state index in [1.54, 1.807) is 27.7 Å². The van der Waals surface area contributed by atoms with Crippen LogP contribution in [-0.2, 0) is 17.0 Å². The molecule has 0 aliphatic carbocycles. The van der Waals surface area contributed by atoms with E-state index in [4.69, 9.17) is 0 Å². The van der Waals surface area contributed by atoms with Crippen molar-refractivity contribution in [1.29, 1.82) is 0 Å². The number of amides is 1. The highest BCUT2D eigenvalue weighted by Gasteiger charge is 2.44. The van der Waals surface area contributed by atoms with E-state index in [0.29, 0.717) is 4.88 Å². The van der Waals surface area contributed by atoms with Crippen molar-refractivity contribution in [2.75, 3.05) is 5.75 Å². The zero-order chi connectivity index (χ0) is 15.8. The molecular weight excluding hydrogens is 306 g/mol. The standard InChI is InChI=1S/C15H21NO3S2/c1-14(2,13(18)19)15(3,4)16-12(17)11-7-9-8-20-6-5-10(9)21-11/h7H,5-6,8H2,1-4H3,(H,16,17)(H,18,19). The molecule has 0 spiro atoms. The largest absolute Gasteiger partial charge is 0.481 e. The third kappa shape index (κ3) is 3.11. The summed E-state index contributed by atoms with van der Waals surface area (Å²) in [6.07, 6.45) is 1.02. The van der Waals surface area contributed by atoms with Gasteiger partial charge in [0.1, 0.15) is 0 Å². The van der Waals surface area contributed by atoms with Crippen LogP contribution in [-0.4, -0.2) is 28.3 Å². The molecule has 0 saturated carbocycles. The summed E-state index contributed by atoms with van der Waals surface area (Å²) in [7, 11) is 0. The molecule has 1 aliphatic heterocycles. The van der Waals surface area contributed by atoms with Gasteiger partial charge in [0.15, 0.2) is 0 Å². The number of aryl methyl sites for hydroxylation is 1. The first kappa shape index (κ1) is 16.4. The highest BCUT2D eigenvalue weighted by atomic mass is 32.2. The minimum absolute atomic E-state index is 0.182. The van der Waals surface area contributed by atoms with Crippen LogP contribution >= 0.6 is 23.1 Å². The lowest BCUT2D eigenvalue weighted by Gasteiger charge is -2.38. The first-order valence-corrected chi connectivity index (χ1v) is 8.87. The molecule has 0 atom stereocenters. The molecule has 0 radical (unpaired) electrons. The third-order valence-electron chi connectivity index (χ3n) is 4.37. The van der Waals surface area contributed by atoms with Gasteiger partial charge in [-0.2, -0.15) is 11.8 Å². The van der Waals surface area contributed by atoms with Gasteiger partial charge in [-0.25, -0.2) is 0 Å². The molecule has 2 rings (SSSR count). The number of carbonyl (C=O) groups is 2. The topological polar surface area (TPSA) is 66.4 Å². The van der Waals surface area contributed by atoms with Crippen LogP contribution in [0.1, 0.15) is 47.8 Å². The molecule has 1 aliphatic rings. The fraction of sp³-hybridized carbons (Fsp3) is 0.600. The predicted molar refractivity (Wildman–Crippen MR) is 87.1 cm³/mol. The van der Waals surface area contributed by atoms with Crippen LogP contribution in [0.2, 0.25) is 0 Å². The van der Waals surface area contributed by atoms with Crippen molar-refractivity contribution in [3.63, 3.8) is 0 Å². The Hall–Kier alpha value is -1.01. The lowest BCUT2D eigenvalue weighted by Crippen LogP contribution is -2.56. The van der Waals surface area contributed by atoms with Crippen LogP contribution < -0.4 is 5.32 Å². The molecule has 2 N–H and O–H groups in total. The van der Waals surface area contributed by atoms with Crippen LogP contribution in [0, 0.1) is 5.41 Å². The summed E-state index contributed by atoms with van der Waals surface area (Å²) < 4.78 is 0. The maximum absolute atomic E-state index is 12.4. The van der Waals surface area contributed by atoms with E-state index in [9.17, 15) is 14.7 Å². The molecule has 116 valence electrons. The number of carboxylic acid groups (broad SMARTS) is 1. The average molecular weight is 327 g/mol. The summed E-state index contributed by atoms with van der Waals surface area (Å²) in [5.41, 5.74) is -0.637. The van der Waals surface area contributed by atoms with Gasteiger partial charge in [-0.3, -0.25) is 9.59 Å². The molecule has 0 saturated heterocycles. The molecule has 1 amide bonds. The summed E-state index contributed by atoms with van der Waals surface area (Å²) in [4.78, 5) is 25.8. The van der Waals surface area contributed by atoms with Crippen molar-refractivity contribution in [3.8, 4) is 0 Å². The van der Waals surface area contributed by atoms with Crippen molar-refractivity contribution in [2.45, 2.75) is 45.4 Å². The second-order valence-corrected chi connectivity index (χ2v) is 8.61. The fourth-order valence-corrected chi connectivity index (χ4v) is 4.30. The maximum Gasteiger partial charge on any atom is 0.311 e.